The van der Waals surface area contributed by atoms with Crippen LogP contribution in [0.25, 0.3) is 109 Å². The van der Waals surface area contributed by atoms with E-state index in [4.69, 9.17) is 19.4 Å². The summed E-state index contributed by atoms with van der Waals surface area (Å²) in [6.07, 6.45) is 0. The van der Waals surface area contributed by atoms with E-state index in [-0.39, 0.29) is 0 Å². The van der Waals surface area contributed by atoms with Crippen molar-refractivity contribution >= 4 is 64.4 Å². The third-order valence-electron chi connectivity index (χ3n) is 10.3. The summed E-state index contributed by atoms with van der Waals surface area (Å²) in [6.45, 7) is 0. The Bertz CT molecular complexity index is 3230. The quantitative estimate of drug-likeness (QED) is 0.179. The number of benzene rings is 7. The Morgan fingerprint density at radius 1 is 0.407 bits per heavy atom. The molecule has 0 fully saturated rings. The number of nitrogens with zero attached hydrogens (tertiary/aromatic N) is 3. The van der Waals surface area contributed by atoms with E-state index < -0.39 is 0 Å². The number of aromatic nitrogens is 3. The minimum Gasteiger partial charge on any atom is -0.454 e. The van der Waals surface area contributed by atoms with Gasteiger partial charge in [0.15, 0.2) is 11.4 Å². The van der Waals surface area contributed by atoms with E-state index in [1.807, 2.05) is 24.3 Å². The molecule has 4 aromatic heterocycles. The first kappa shape index (κ1) is 30.7. The Kier molecular flexibility index (Phi) is 7.00. The lowest BCUT2D eigenvalue weighted by atomic mass is 9.96. The van der Waals surface area contributed by atoms with Crippen LogP contribution in [0.15, 0.2) is 180 Å². The van der Waals surface area contributed by atoms with Crippen molar-refractivity contribution in [2.45, 2.75) is 0 Å². The summed E-state index contributed by atoms with van der Waals surface area (Å²) in [5.74, 6) is 0.719. The smallest absolute Gasteiger partial charge is 0.161 e. The maximum absolute atomic E-state index is 6.34. The molecule has 11 aromatic rings. The molecule has 0 saturated carbocycles. The molecule has 0 aliphatic heterocycles. The number of para-hydroxylation sites is 1. The van der Waals surface area contributed by atoms with E-state index in [0.717, 1.165) is 89.1 Å². The van der Waals surface area contributed by atoms with Crippen LogP contribution in [0.5, 0.6) is 0 Å². The Morgan fingerprint density at radius 2 is 1.00 bits per heavy atom. The topological polar surface area (TPSA) is 51.8 Å². The second kappa shape index (κ2) is 12.3. The van der Waals surface area contributed by atoms with Crippen LogP contribution in [0.4, 0.5) is 0 Å². The normalized spacial score (nSPS) is 11.7. The lowest BCUT2D eigenvalue weighted by molar-refractivity contribution is 0.672. The van der Waals surface area contributed by atoms with Crippen molar-refractivity contribution in [3.63, 3.8) is 0 Å². The van der Waals surface area contributed by atoms with Crippen LogP contribution in [-0.2, 0) is 0 Å². The van der Waals surface area contributed by atoms with Crippen LogP contribution in [0.2, 0.25) is 0 Å². The van der Waals surface area contributed by atoms with Gasteiger partial charge in [-0.1, -0.05) is 133 Å². The molecule has 7 aromatic carbocycles. The molecule has 5 heteroatoms. The summed E-state index contributed by atoms with van der Waals surface area (Å²) in [5.41, 5.74) is 11.6. The summed E-state index contributed by atoms with van der Waals surface area (Å²) in [6, 6.07) is 61.4. The van der Waals surface area contributed by atoms with Gasteiger partial charge in [0, 0.05) is 58.6 Å². The van der Waals surface area contributed by atoms with Crippen LogP contribution in [0.3, 0.4) is 0 Å². The van der Waals surface area contributed by atoms with Crippen LogP contribution in [0, 0.1) is 0 Å². The minimum absolute atomic E-state index is 0.719. The zero-order chi connectivity index (χ0) is 35.6. The van der Waals surface area contributed by atoms with Crippen molar-refractivity contribution in [1.29, 1.82) is 0 Å². The highest BCUT2D eigenvalue weighted by atomic mass is 32.1. The van der Waals surface area contributed by atoms with Gasteiger partial charge in [-0.15, -0.1) is 11.3 Å². The van der Waals surface area contributed by atoms with Crippen molar-refractivity contribution in [3.8, 4) is 56.3 Å². The molecule has 4 heterocycles. The van der Waals surface area contributed by atoms with Crippen LogP contribution in [-0.4, -0.2) is 15.0 Å². The van der Waals surface area contributed by atoms with E-state index >= 15 is 0 Å². The Hall–Kier alpha value is -6.95. The van der Waals surface area contributed by atoms with Crippen molar-refractivity contribution in [2.75, 3.05) is 0 Å². The second-order valence-electron chi connectivity index (χ2n) is 13.6. The molecule has 0 aliphatic rings. The number of hydrogen-bond acceptors (Lipinski definition) is 5. The maximum atomic E-state index is 6.34. The number of hydrogen-bond donors (Lipinski definition) is 0. The fourth-order valence-corrected chi connectivity index (χ4v) is 8.92. The third kappa shape index (κ3) is 5.01. The van der Waals surface area contributed by atoms with Gasteiger partial charge in [0.1, 0.15) is 11.1 Å². The average molecular weight is 708 g/mol. The lowest BCUT2D eigenvalue weighted by Crippen LogP contribution is -1.96. The van der Waals surface area contributed by atoms with Gasteiger partial charge in [-0.3, -0.25) is 0 Å². The molecule has 0 spiro atoms. The van der Waals surface area contributed by atoms with E-state index in [1.165, 1.54) is 20.2 Å². The van der Waals surface area contributed by atoms with Gasteiger partial charge in [-0.05, 0) is 53.6 Å². The molecule has 0 atom stereocenters. The fourth-order valence-electron chi connectivity index (χ4n) is 7.70. The first-order valence-electron chi connectivity index (χ1n) is 18.0. The highest BCUT2D eigenvalue weighted by Crippen LogP contribution is 2.41. The highest BCUT2D eigenvalue weighted by Gasteiger charge is 2.18. The fraction of sp³-hybridized carbons (Fsp3) is 0. The molecular formula is C49H29N3OS. The Labute approximate surface area is 314 Å². The number of thiophene rings is 1. The zero-order valence-electron chi connectivity index (χ0n) is 28.9. The maximum Gasteiger partial charge on any atom is 0.161 e. The number of rotatable bonds is 5. The number of pyridine rings is 1. The molecule has 0 unspecified atom stereocenters. The monoisotopic (exact) mass is 707 g/mol. The van der Waals surface area contributed by atoms with Crippen LogP contribution in [0.1, 0.15) is 0 Å². The van der Waals surface area contributed by atoms with Crippen LogP contribution < -0.4 is 0 Å². The molecule has 11 rings (SSSR count). The summed E-state index contributed by atoms with van der Waals surface area (Å²) >= 11 is 1.80. The molecule has 252 valence electrons. The number of furan rings is 1. The summed E-state index contributed by atoms with van der Waals surface area (Å²) in [5, 5.41) is 5.63. The molecule has 0 aliphatic carbocycles. The first-order chi connectivity index (χ1) is 26.7. The third-order valence-corrected chi connectivity index (χ3v) is 11.5. The Morgan fingerprint density at radius 3 is 1.83 bits per heavy atom. The largest absolute Gasteiger partial charge is 0.454 e. The van der Waals surface area contributed by atoms with E-state index in [0.29, 0.717) is 0 Å². The van der Waals surface area contributed by atoms with Crippen molar-refractivity contribution in [2.24, 2.45) is 0 Å². The molecule has 0 radical (unpaired) electrons. The predicted octanol–water partition coefficient (Wildman–Crippen LogP) is 13.6. The summed E-state index contributed by atoms with van der Waals surface area (Å²) < 4.78 is 8.80. The van der Waals surface area contributed by atoms with Crippen molar-refractivity contribution in [3.05, 3.63) is 176 Å². The molecule has 4 nitrogen and oxygen atoms in total. The Balaban J connectivity index is 1.05. The molecule has 0 saturated heterocycles. The van der Waals surface area contributed by atoms with Crippen LogP contribution >= 0.6 is 11.3 Å². The molecule has 0 N–H and O–H groups in total. The minimum atomic E-state index is 0.719. The molecule has 0 bridgehead atoms. The summed E-state index contributed by atoms with van der Waals surface area (Å²) in [4.78, 5) is 15.7. The first-order valence-corrected chi connectivity index (χ1v) is 18.8. The van der Waals surface area contributed by atoms with E-state index in [9.17, 15) is 0 Å². The zero-order valence-corrected chi connectivity index (χ0v) is 29.7. The van der Waals surface area contributed by atoms with Gasteiger partial charge in [0.05, 0.1) is 17.1 Å². The molecule has 54 heavy (non-hydrogen) atoms. The van der Waals surface area contributed by atoms with Gasteiger partial charge >= 0.3 is 0 Å². The standard InChI is InChI=1S/C49H29N3OS/c1-2-13-30(14-3-1)41-29-42(51-49(50-41)40-24-12-23-38-35-19-7-9-26-44(35)54-48(38)40)33-17-10-15-31(27-33)32-16-11-18-34(28-32)45-36-20-4-5-21-37(36)47-46(52-45)39-22-6-8-25-43(39)53-47/h1-29H. The van der Waals surface area contributed by atoms with Crippen molar-refractivity contribution < 1.29 is 4.42 Å². The highest BCUT2D eigenvalue weighted by molar-refractivity contribution is 7.26. The van der Waals surface area contributed by atoms with Gasteiger partial charge in [-0.2, -0.15) is 0 Å². The van der Waals surface area contributed by atoms with Gasteiger partial charge < -0.3 is 4.42 Å². The SMILES string of the molecule is c1ccc(-c2cc(-c3cccc(-c4cccc(-c5nc6c7ccccc7oc6c6ccccc56)c4)c3)nc(-c3cccc4c3sc3ccccc34)n2)cc1. The van der Waals surface area contributed by atoms with Gasteiger partial charge in [0.25, 0.3) is 0 Å². The van der Waals surface area contributed by atoms with E-state index in [1.54, 1.807) is 11.3 Å². The predicted molar refractivity (Wildman–Crippen MR) is 225 cm³/mol. The number of fused-ring (bicyclic) bond motifs is 8. The van der Waals surface area contributed by atoms with Gasteiger partial charge in [0.2, 0.25) is 0 Å². The van der Waals surface area contributed by atoms with Gasteiger partial charge in [-0.25, -0.2) is 15.0 Å². The summed E-state index contributed by atoms with van der Waals surface area (Å²) in [7, 11) is 0. The van der Waals surface area contributed by atoms with Crippen molar-refractivity contribution in [1.82, 2.24) is 15.0 Å². The lowest BCUT2D eigenvalue weighted by Gasteiger charge is -2.12. The second-order valence-corrected chi connectivity index (χ2v) is 14.6. The molecular weight excluding hydrogens is 679 g/mol. The van der Waals surface area contributed by atoms with E-state index in [2.05, 4.69) is 152 Å². The molecule has 0 amide bonds. The average Bonchev–Trinajstić information content (AvgIpc) is 3.82.